The summed E-state index contributed by atoms with van der Waals surface area (Å²) >= 11 is 5.96. The Morgan fingerprint density at radius 3 is 3.06 bits per heavy atom. The Labute approximate surface area is 106 Å². The smallest absolute Gasteiger partial charge is 0.161 e. The molecule has 0 spiro atoms. The van der Waals surface area contributed by atoms with Gasteiger partial charge < -0.3 is 9.64 Å². The molecule has 2 rings (SSSR count). The van der Waals surface area contributed by atoms with E-state index >= 15 is 0 Å². The Kier molecular flexibility index (Phi) is 3.55. The molecular formula is C11H15ClN4O. The lowest BCUT2D eigenvalue weighted by molar-refractivity contribution is 0.0758. The molecule has 17 heavy (non-hydrogen) atoms. The van der Waals surface area contributed by atoms with E-state index in [2.05, 4.69) is 16.1 Å². The zero-order valence-corrected chi connectivity index (χ0v) is 10.7. The SMILES string of the molecule is Cc1nn(C)c(N2CCOC(C#N)C2)c1CCl. The number of hydrogen-bond acceptors (Lipinski definition) is 4. The highest BCUT2D eigenvalue weighted by Gasteiger charge is 2.25. The molecule has 0 bridgehead atoms. The van der Waals surface area contributed by atoms with Gasteiger partial charge in [-0.05, 0) is 6.92 Å². The van der Waals surface area contributed by atoms with Crippen LogP contribution in [0.4, 0.5) is 5.82 Å². The molecule has 1 aromatic rings. The first-order valence-electron chi connectivity index (χ1n) is 5.52. The van der Waals surface area contributed by atoms with Crippen LogP contribution in [0, 0.1) is 18.3 Å². The van der Waals surface area contributed by atoms with Crippen molar-refractivity contribution in [3.05, 3.63) is 11.3 Å². The first-order chi connectivity index (χ1) is 8.17. The summed E-state index contributed by atoms with van der Waals surface area (Å²) in [6.45, 7) is 3.84. The third-order valence-corrected chi connectivity index (χ3v) is 3.22. The predicted octanol–water partition coefficient (Wildman–Crippen LogP) is 1.20. The van der Waals surface area contributed by atoms with Crippen LogP contribution in [0.3, 0.4) is 0 Å². The minimum Gasteiger partial charge on any atom is -0.360 e. The van der Waals surface area contributed by atoms with E-state index in [0.29, 0.717) is 19.0 Å². The molecule has 0 amide bonds. The van der Waals surface area contributed by atoms with Crippen LogP contribution >= 0.6 is 11.6 Å². The fourth-order valence-corrected chi connectivity index (χ4v) is 2.47. The van der Waals surface area contributed by atoms with E-state index in [1.54, 1.807) is 0 Å². The number of anilines is 1. The van der Waals surface area contributed by atoms with Crippen LogP contribution in [0.1, 0.15) is 11.3 Å². The molecule has 0 aliphatic carbocycles. The molecular weight excluding hydrogens is 240 g/mol. The van der Waals surface area contributed by atoms with Gasteiger partial charge in [-0.2, -0.15) is 10.4 Å². The van der Waals surface area contributed by atoms with Crippen LogP contribution in [0.2, 0.25) is 0 Å². The largest absolute Gasteiger partial charge is 0.360 e. The van der Waals surface area contributed by atoms with Crippen molar-refractivity contribution < 1.29 is 4.74 Å². The molecule has 5 nitrogen and oxygen atoms in total. The van der Waals surface area contributed by atoms with Crippen LogP contribution in [0.5, 0.6) is 0 Å². The summed E-state index contributed by atoms with van der Waals surface area (Å²) in [6, 6.07) is 2.14. The quantitative estimate of drug-likeness (QED) is 0.744. The van der Waals surface area contributed by atoms with E-state index in [-0.39, 0.29) is 6.10 Å². The van der Waals surface area contributed by atoms with Gasteiger partial charge in [-0.1, -0.05) is 0 Å². The molecule has 0 saturated carbocycles. The van der Waals surface area contributed by atoms with Crippen LogP contribution < -0.4 is 4.90 Å². The number of aryl methyl sites for hydroxylation is 2. The monoisotopic (exact) mass is 254 g/mol. The molecule has 1 atom stereocenters. The highest BCUT2D eigenvalue weighted by atomic mass is 35.5. The average Bonchev–Trinajstić information content (AvgIpc) is 2.63. The maximum Gasteiger partial charge on any atom is 0.161 e. The van der Waals surface area contributed by atoms with Gasteiger partial charge in [-0.15, -0.1) is 11.6 Å². The molecule has 1 aromatic heterocycles. The molecule has 1 aliphatic rings. The van der Waals surface area contributed by atoms with E-state index < -0.39 is 0 Å². The first-order valence-corrected chi connectivity index (χ1v) is 6.05. The topological polar surface area (TPSA) is 54.1 Å². The number of nitrogens with zero attached hydrogens (tertiary/aromatic N) is 4. The summed E-state index contributed by atoms with van der Waals surface area (Å²) in [6.07, 6.45) is -0.373. The van der Waals surface area contributed by atoms with Crippen molar-refractivity contribution in [1.29, 1.82) is 5.26 Å². The van der Waals surface area contributed by atoms with Gasteiger partial charge in [0.1, 0.15) is 5.82 Å². The molecule has 0 N–H and O–H groups in total. The molecule has 1 fully saturated rings. The fourth-order valence-electron chi connectivity index (χ4n) is 2.16. The van der Waals surface area contributed by atoms with Crippen molar-refractivity contribution in [2.75, 3.05) is 24.6 Å². The van der Waals surface area contributed by atoms with Gasteiger partial charge in [-0.25, -0.2) is 0 Å². The lowest BCUT2D eigenvalue weighted by Crippen LogP contribution is -2.43. The van der Waals surface area contributed by atoms with E-state index in [1.165, 1.54) is 0 Å². The summed E-state index contributed by atoms with van der Waals surface area (Å²) in [4.78, 5) is 2.12. The highest BCUT2D eigenvalue weighted by Crippen LogP contribution is 2.26. The second kappa shape index (κ2) is 4.94. The van der Waals surface area contributed by atoms with Gasteiger partial charge in [-0.3, -0.25) is 4.68 Å². The summed E-state index contributed by atoms with van der Waals surface area (Å²) in [7, 11) is 1.90. The predicted molar refractivity (Wildman–Crippen MR) is 65.1 cm³/mol. The number of hydrogen-bond donors (Lipinski definition) is 0. The molecule has 1 aliphatic heterocycles. The Morgan fingerprint density at radius 1 is 1.65 bits per heavy atom. The maximum absolute atomic E-state index is 8.91. The lowest BCUT2D eigenvalue weighted by Gasteiger charge is -2.31. The molecule has 0 radical (unpaired) electrons. The zero-order valence-electron chi connectivity index (χ0n) is 9.98. The van der Waals surface area contributed by atoms with Crippen LogP contribution in [-0.2, 0) is 17.7 Å². The number of aromatic nitrogens is 2. The Hall–Kier alpha value is -1.25. The summed E-state index contributed by atoms with van der Waals surface area (Å²) in [5.74, 6) is 1.44. The number of nitriles is 1. The third kappa shape index (κ3) is 2.24. The van der Waals surface area contributed by atoms with Gasteiger partial charge in [0, 0.05) is 19.2 Å². The summed E-state index contributed by atoms with van der Waals surface area (Å²) in [5.41, 5.74) is 1.98. The van der Waals surface area contributed by atoms with E-state index in [1.807, 2.05) is 18.7 Å². The van der Waals surface area contributed by atoms with Crippen molar-refractivity contribution in [1.82, 2.24) is 9.78 Å². The number of morpholine rings is 1. The third-order valence-electron chi connectivity index (χ3n) is 2.96. The minimum atomic E-state index is -0.373. The average molecular weight is 255 g/mol. The molecule has 92 valence electrons. The Bertz CT molecular complexity index is 451. The maximum atomic E-state index is 8.91. The van der Waals surface area contributed by atoms with Gasteiger partial charge in [0.15, 0.2) is 6.10 Å². The van der Waals surface area contributed by atoms with Crippen molar-refractivity contribution in [2.45, 2.75) is 18.9 Å². The zero-order chi connectivity index (χ0) is 12.4. The van der Waals surface area contributed by atoms with E-state index in [4.69, 9.17) is 21.6 Å². The van der Waals surface area contributed by atoms with Gasteiger partial charge in [0.05, 0.1) is 30.8 Å². The normalized spacial score (nSPS) is 20.4. The molecule has 2 heterocycles. The molecule has 6 heteroatoms. The minimum absolute atomic E-state index is 0.373. The van der Waals surface area contributed by atoms with Crippen LogP contribution in [-0.4, -0.2) is 35.6 Å². The van der Waals surface area contributed by atoms with Crippen LogP contribution in [0.15, 0.2) is 0 Å². The van der Waals surface area contributed by atoms with Crippen molar-refractivity contribution in [3.63, 3.8) is 0 Å². The number of rotatable bonds is 2. The lowest BCUT2D eigenvalue weighted by atomic mass is 10.2. The van der Waals surface area contributed by atoms with E-state index in [9.17, 15) is 0 Å². The molecule has 0 aromatic carbocycles. The van der Waals surface area contributed by atoms with Crippen LogP contribution in [0.25, 0.3) is 0 Å². The second-order valence-electron chi connectivity index (χ2n) is 4.08. The second-order valence-corrected chi connectivity index (χ2v) is 4.35. The summed E-state index contributed by atoms with van der Waals surface area (Å²) in [5, 5.41) is 13.3. The molecule has 1 unspecified atom stereocenters. The number of halogens is 1. The summed E-state index contributed by atoms with van der Waals surface area (Å²) < 4.78 is 7.16. The Morgan fingerprint density at radius 2 is 2.41 bits per heavy atom. The van der Waals surface area contributed by atoms with Gasteiger partial charge >= 0.3 is 0 Å². The fraction of sp³-hybridized carbons (Fsp3) is 0.636. The van der Waals surface area contributed by atoms with Gasteiger partial charge in [0.2, 0.25) is 0 Å². The standard InChI is InChI=1S/C11H15ClN4O/c1-8-10(5-12)11(15(2)14-8)16-3-4-17-9(6-13)7-16/h9H,3-5,7H2,1-2H3. The number of ether oxygens (including phenoxy) is 1. The molecule has 1 saturated heterocycles. The van der Waals surface area contributed by atoms with Crippen molar-refractivity contribution >= 4 is 17.4 Å². The number of alkyl halides is 1. The first kappa shape index (κ1) is 12.2. The van der Waals surface area contributed by atoms with Crippen molar-refractivity contribution in [3.8, 4) is 6.07 Å². The van der Waals surface area contributed by atoms with Gasteiger partial charge in [0.25, 0.3) is 0 Å². The van der Waals surface area contributed by atoms with Crippen molar-refractivity contribution in [2.24, 2.45) is 7.05 Å². The van der Waals surface area contributed by atoms with E-state index in [0.717, 1.165) is 23.6 Å². The highest BCUT2D eigenvalue weighted by molar-refractivity contribution is 6.17. The Balaban J connectivity index is 2.30.